The van der Waals surface area contributed by atoms with Crippen molar-refractivity contribution >= 4 is 11.8 Å². The van der Waals surface area contributed by atoms with Gasteiger partial charge in [0.05, 0.1) is 11.8 Å². The van der Waals surface area contributed by atoms with Gasteiger partial charge in [-0.05, 0) is 30.5 Å². The van der Waals surface area contributed by atoms with E-state index < -0.39 is 0 Å². The Morgan fingerprint density at radius 3 is 2.46 bits per heavy atom. The molecule has 0 spiro atoms. The molecule has 2 fully saturated rings. The third-order valence-corrected chi connectivity index (χ3v) is 5.71. The minimum absolute atomic E-state index is 0.0105. The van der Waals surface area contributed by atoms with Gasteiger partial charge in [0.1, 0.15) is 6.26 Å². The molecule has 7 nitrogen and oxygen atoms in total. The maximum Gasteiger partial charge on any atom is 0.257 e. The molecular weight excluding hydrogens is 356 g/mol. The number of likely N-dealkylation sites (tertiary alicyclic amines) is 1. The van der Waals surface area contributed by atoms with Gasteiger partial charge in [0, 0.05) is 64.1 Å². The first kappa shape index (κ1) is 18.7. The van der Waals surface area contributed by atoms with E-state index in [0.29, 0.717) is 18.7 Å². The van der Waals surface area contributed by atoms with Crippen LogP contribution in [0.25, 0.3) is 0 Å². The fourth-order valence-corrected chi connectivity index (χ4v) is 4.03. The van der Waals surface area contributed by atoms with Gasteiger partial charge in [0.2, 0.25) is 5.91 Å². The topological polar surface area (TPSA) is 69.9 Å². The highest BCUT2D eigenvalue weighted by Crippen LogP contribution is 2.22. The third kappa shape index (κ3) is 4.25. The van der Waals surface area contributed by atoms with Gasteiger partial charge in [0.15, 0.2) is 0 Å². The summed E-state index contributed by atoms with van der Waals surface area (Å²) in [4.78, 5) is 35.6. The molecule has 0 aromatic carbocycles. The first-order chi connectivity index (χ1) is 13.7. The standard InChI is InChI=1S/C21H26N4O3/c26-20(18-3-7-24(8-4-18)21(27)19-5-13-28-16-19)25-11-9-23(10-12-25)15-17-2-1-6-22-14-17/h1-2,5-6,13-14,16,18H,3-4,7-12,15H2. The number of aromatic nitrogens is 1. The molecule has 2 aromatic rings. The maximum absolute atomic E-state index is 12.9. The minimum Gasteiger partial charge on any atom is -0.472 e. The van der Waals surface area contributed by atoms with Crippen molar-refractivity contribution in [2.75, 3.05) is 39.3 Å². The first-order valence-corrected chi connectivity index (χ1v) is 9.92. The average molecular weight is 382 g/mol. The minimum atomic E-state index is -0.0105. The molecule has 0 radical (unpaired) electrons. The number of amides is 2. The number of pyridine rings is 1. The SMILES string of the molecule is O=C(c1ccoc1)N1CCC(C(=O)N2CCN(Cc3cccnc3)CC2)CC1. The number of carbonyl (C=O) groups is 2. The van der Waals surface area contributed by atoms with Crippen LogP contribution in [0, 0.1) is 5.92 Å². The fourth-order valence-electron chi connectivity index (χ4n) is 4.03. The van der Waals surface area contributed by atoms with Crippen LogP contribution in [0.2, 0.25) is 0 Å². The second-order valence-corrected chi connectivity index (χ2v) is 7.54. The van der Waals surface area contributed by atoms with Crippen molar-refractivity contribution in [2.45, 2.75) is 19.4 Å². The van der Waals surface area contributed by atoms with Crippen LogP contribution in [-0.4, -0.2) is 70.8 Å². The number of nitrogens with zero attached hydrogens (tertiary/aromatic N) is 4. The zero-order valence-corrected chi connectivity index (χ0v) is 16.0. The molecule has 2 aliphatic heterocycles. The van der Waals surface area contributed by atoms with E-state index in [2.05, 4.69) is 16.0 Å². The number of furan rings is 1. The molecule has 28 heavy (non-hydrogen) atoms. The predicted molar refractivity (Wildman–Crippen MR) is 103 cm³/mol. The molecule has 7 heteroatoms. The van der Waals surface area contributed by atoms with Crippen molar-refractivity contribution in [1.82, 2.24) is 19.7 Å². The summed E-state index contributed by atoms with van der Waals surface area (Å²) in [5.41, 5.74) is 1.78. The Balaban J connectivity index is 1.23. The third-order valence-electron chi connectivity index (χ3n) is 5.71. The number of rotatable bonds is 4. The normalized spacial score (nSPS) is 19.0. The summed E-state index contributed by atoms with van der Waals surface area (Å²) in [6.07, 6.45) is 8.14. The summed E-state index contributed by atoms with van der Waals surface area (Å²) in [5, 5.41) is 0. The van der Waals surface area contributed by atoms with Crippen molar-refractivity contribution in [3.05, 3.63) is 54.2 Å². The number of piperidine rings is 1. The molecule has 2 aromatic heterocycles. The zero-order valence-electron chi connectivity index (χ0n) is 16.0. The number of hydrogen-bond donors (Lipinski definition) is 0. The molecule has 4 rings (SSSR count). The summed E-state index contributed by atoms with van der Waals surface area (Å²) in [7, 11) is 0. The lowest BCUT2D eigenvalue weighted by atomic mass is 9.94. The lowest BCUT2D eigenvalue weighted by Gasteiger charge is -2.38. The van der Waals surface area contributed by atoms with Crippen molar-refractivity contribution in [1.29, 1.82) is 0 Å². The van der Waals surface area contributed by atoms with E-state index in [1.54, 1.807) is 12.3 Å². The fraction of sp³-hybridized carbons (Fsp3) is 0.476. The van der Waals surface area contributed by atoms with E-state index in [-0.39, 0.29) is 17.7 Å². The average Bonchev–Trinajstić information content (AvgIpc) is 3.29. The molecule has 2 amide bonds. The molecular formula is C21H26N4O3. The summed E-state index contributed by atoms with van der Waals surface area (Å²) < 4.78 is 5.00. The van der Waals surface area contributed by atoms with E-state index in [1.807, 2.05) is 22.1 Å². The Hall–Kier alpha value is -2.67. The molecule has 0 N–H and O–H groups in total. The maximum atomic E-state index is 12.9. The van der Waals surface area contributed by atoms with Gasteiger partial charge in [-0.25, -0.2) is 0 Å². The predicted octanol–water partition coefficient (Wildman–Crippen LogP) is 1.87. The molecule has 0 bridgehead atoms. The van der Waals surface area contributed by atoms with E-state index in [9.17, 15) is 9.59 Å². The largest absolute Gasteiger partial charge is 0.472 e. The van der Waals surface area contributed by atoms with Crippen molar-refractivity contribution in [3.8, 4) is 0 Å². The highest BCUT2D eigenvalue weighted by atomic mass is 16.3. The van der Waals surface area contributed by atoms with Crippen LogP contribution in [0.4, 0.5) is 0 Å². The molecule has 0 saturated carbocycles. The Morgan fingerprint density at radius 2 is 1.82 bits per heavy atom. The van der Waals surface area contributed by atoms with Crippen LogP contribution in [0.15, 0.2) is 47.5 Å². The zero-order chi connectivity index (χ0) is 19.3. The summed E-state index contributed by atoms with van der Waals surface area (Å²) in [6, 6.07) is 5.73. The highest BCUT2D eigenvalue weighted by molar-refractivity contribution is 5.94. The van der Waals surface area contributed by atoms with Crippen molar-refractivity contribution in [3.63, 3.8) is 0 Å². The quantitative estimate of drug-likeness (QED) is 0.807. The van der Waals surface area contributed by atoms with Crippen LogP contribution in [-0.2, 0) is 11.3 Å². The lowest BCUT2D eigenvalue weighted by Crippen LogP contribution is -2.51. The van der Waals surface area contributed by atoms with Gasteiger partial charge in [0.25, 0.3) is 5.91 Å². The van der Waals surface area contributed by atoms with Crippen molar-refractivity contribution in [2.24, 2.45) is 5.92 Å². The molecule has 148 valence electrons. The second-order valence-electron chi connectivity index (χ2n) is 7.54. The molecule has 4 heterocycles. The number of carbonyl (C=O) groups excluding carboxylic acids is 2. The van der Waals surface area contributed by atoms with Crippen LogP contribution in [0.3, 0.4) is 0 Å². The lowest BCUT2D eigenvalue weighted by molar-refractivity contribution is -0.138. The van der Waals surface area contributed by atoms with Crippen LogP contribution in [0.5, 0.6) is 0 Å². The van der Waals surface area contributed by atoms with Gasteiger partial charge in [-0.3, -0.25) is 19.5 Å². The molecule has 0 unspecified atom stereocenters. The smallest absolute Gasteiger partial charge is 0.257 e. The van der Waals surface area contributed by atoms with Gasteiger partial charge in [-0.1, -0.05) is 6.07 Å². The monoisotopic (exact) mass is 382 g/mol. The van der Waals surface area contributed by atoms with Crippen LogP contribution < -0.4 is 0 Å². The molecule has 2 saturated heterocycles. The highest BCUT2D eigenvalue weighted by Gasteiger charge is 2.32. The Kier molecular flexibility index (Phi) is 5.71. The van der Waals surface area contributed by atoms with E-state index >= 15 is 0 Å². The van der Waals surface area contributed by atoms with E-state index in [0.717, 1.165) is 45.6 Å². The first-order valence-electron chi connectivity index (χ1n) is 9.92. The van der Waals surface area contributed by atoms with Gasteiger partial charge in [-0.15, -0.1) is 0 Å². The second kappa shape index (κ2) is 8.56. The van der Waals surface area contributed by atoms with E-state index in [4.69, 9.17) is 4.42 Å². The van der Waals surface area contributed by atoms with E-state index in [1.165, 1.54) is 18.1 Å². The molecule has 0 aliphatic carbocycles. The van der Waals surface area contributed by atoms with Gasteiger partial charge < -0.3 is 14.2 Å². The van der Waals surface area contributed by atoms with Crippen molar-refractivity contribution < 1.29 is 14.0 Å². The Morgan fingerprint density at radius 1 is 1.04 bits per heavy atom. The van der Waals surface area contributed by atoms with Crippen LogP contribution >= 0.6 is 0 Å². The summed E-state index contributed by atoms with van der Waals surface area (Å²) in [5.74, 6) is 0.262. The molecule has 2 aliphatic rings. The number of piperazine rings is 1. The summed E-state index contributed by atoms with van der Waals surface area (Å²) in [6.45, 7) is 5.45. The summed E-state index contributed by atoms with van der Waals surface area (Å²) >= 11 is 0. The molecule has 0 atom stereocenters. The van der Waals surface area contributed by atoms with Gasteiger partial charge >= 0.3 is 0 Å². The van der Waals surface area contributed by atoms with Crippen LogP contribution in [0.1, 0.15) is 28.8 Å². The number of hydrogen-bond acceptors (Lipinski definition) is 5. The van der Waals surface area contributed by atoms with Gasteiger partial charge in [-0.2, -0.15) is 0 Å². The Labute approximate surface area is 164 Å². The Bertz CT molecular complexity index is 777.